The Morgan fingerprint density at radius 1 is 0.686 bits per heavy atom. The van der Waals surface area contributed by atoms with Crippen LogP contribution in [0.15, 0.2) is 60.7 Å². The smallest absolute Gasteiger partial charge is 0.187 e. The van der Waals surface area contributed by atoms with Crippen molar-refractivity contribution in [2.75, 3.05) is 13.2 Å². The Morgan fingerprint density at radius 2 is 1.31 bits per heavy atom. The third-order valence-electron chi connectivity index (χ3n) is 6.10. The van der Waals surface area contributed by atoms with Gasteiger partial charge >= 0.3 is 0 Å². The van der Waals surface area contributed by atoms with Crippen molar-refractivity contribution in [3.05, 3.63) is 71.8 Å². The van der Waals surface area contributed by atoms with Gasteiger partial charge in [-0.05, 0) is 11.1 Å². The molecule has 0 aliphatic carbocycles. The lowest BCUT2D eigenvalue weighted by Crippen LogP contribution is -2.60. The molecule has 35 heavy (non-hydrogen) atoms. The number of hydrogen-bond donors (Lipinski definition) is 5. The summed E-state index contributed by atoms with van der Waals surface area (Å²) in [6.07, 6.45) is -11.4. The lowest BCUT2D eigenvalue weighted by molar-refractivity contribution is -0.325. The van der Waals surface area contributed by atoms with E-state index in [0.717, 1.165) is 11.1 Å². The van der Waals surface area contributed by atoms with Crippen LogP contribution in [-0.2, 0) is 36.9 Å². The highest BCUT2D eigenvalue weighted by molar-refractivity contribution is 5.14. The van der Waals surface area contributed by atoms with Gasteiger partial charge in [0.05, 0.1) is 26.4 Å². The summed E-state index contributed by atoms with van der Waals surface area (Å²) < 4.78 is 28.8. The fraction of sp³-hybridized carbons (Fsp3) is 0.520. The number of hydrogen-bond acceptors (Lipinski definition) is 10. The predicted molar refractivity (Wildman–Crippen MR) is 121 cm³/mol. The van der Waals surface area contributed by atoms with Crippen LogP contribution in [0.25, 0.3) is 0 Å². The molecule has 0 radical (unpaired) electrons. The van der Waals surface area contributed by atoms with Crippen LogP contribution in [0.4, 0.5) is 0 Å². The highest BCUT2D eigenvalue weighted by Gasteiger charge is 2.51. The summed E-state index contributed by atoms with van der Waals surface area (Å²) in [6, 6.07) is 19.0. The lowest BCUT2D eigenvalue weighted by Gasteiger charge is -2.41. The third-order valence-corrected chi connectivity index (χ3v) is 6.10. The molecule has 5 N–H and O–H groups in total. The van der Waals surface area contributed by atoms with Crippen LogP contribution in [0.5, 0.6) is 0 Å². The van der Waals surface area contributed by atoms with Gasteiger partial charge in [0.15, 0.2) is 12.6 Å². The molecule has 9 atom stereocenters. The molecule has 0 unspecified atom stereocenters. The number of aliphatic hydroxyl groups is 5. The highest BCUT2D eigenvalue weighted by atomic mass is 16.7. The third kappa shape index (κ3) is 6.43. The summed E-state index contributed by atoms with van der Waals surface area (Å²) in [6.45, 7) is 0.0319. The van der Waals surface area contributed by atoms with Crippen molar-refractivity contribution in [3.63, 3.8) is 0 Å². The van der Waals surface area contributed by atoms with Crippen molar-refractivity contribution in [1.82, 2.24) is 0 Å². The summed E-state index contributed by atoms with van der Waals surface area (Å²) in [5.74, 6) is 0. The van der Waals surface area contributed by atoms with Crippen molar-refractivity contribution < 1.29 is 49.2 Å². The van der Waals surface area contributed by atoms with Crippen LogP contribution in [0.1, 0.15) is 11.1 Å². The second kappa shape index (κ2) is 12.3. The zero-order valence-electron chi connectivity index (χ0n) is 19.1. The van der Waals surface area contributed by atoms with E-state index in [0.29, 0.717) is 6.61 Å². The minimum Gasteiger partial charge on any atom is -0.394 e. The number of benzene rings is 2. The van der Waals surface area contributed by atoms with Crippen LogP contribution in [0.3, 0.4) is 0 Å². The van der Waals surface area contributed by atoms with E-state index in [-0.39, 0.29) is 13.2 Å². The second-order valence-corrected chi connectivity index (χ2v) is 8.63. The molecule has 2 saturated heterocycles. The molecule has 0 bridgehead atoms. The van der Waals surface area contributed by atoms with Crippen molar-refractivity contribution in [3.8, 4) is 0 Å². The fourth-order valence-corrected chi connectivity index (χ4v) is 4.16. The first-order chi connectivity index (χ1) is 17.0. The van der Waals surface area contributed by atoms with E-state index in [9.17, 15) is 25.5 Å². The second-order valence-electron chi connectivity index (χ2n) is 8.63. The van der Waals surface area contributed by atoms with Gasteiger partial charge in [-0.15, -0.1) is 0 Å². The Labute approximate surface area is 203 Å². The molecule has 2 heterocycles. The summed E-state index contributed by atoms with van der Waals surface area (Å²) >= 11 is 0. The van der Waals surface area contributed by atoms with Gasteiger partial charge in [-0.1, -0.05) is 60.7 Å². The maximum absolute atomic E-state index is 10.6. The Balaban J connectivity index is 1.45. The molecular weight excluding hydrogens is 460 g/mol. The largest absolute Gasteiger partial charge is 0.394 e. The van der Waals surface area contributed by atoms with Crippen molar-refractivity contribution in [2.24, 2.45) is 0 Å². The molecule has 4 rings (SSSR count). The topological polar surface area (TPSA) is 147 Å². The van der Waals surface area contributed by atoms with E-state index < -0.39 is 61.9 Å². The Kier molecular flexibility index (Phi) is 9.20. The average molecular weight is 493 g/mol. The maximum Gasteiger partial charge on any atom is 0.187 e. The molecule has 192 valence electrons. The molecule has 0 spiro atoms. The first-order valence-electron chi connectivity index (χ1n) is 11.5. The predicted octanol–water partition coefficient (Wildman–Crippen LogP) is -0.309. The minimum atomic E-state index is -1.62. The molecule has 0 amide bonds. The van der Waals surface area contributed by atoms with Gasteiger partial charge in [-0.3, -0.25) is 0 Å². The number of aliphatic hydroxyl groups excluding tert-OH is 5. The minimum absolute atomic E-state index is 0.0972. The first-order valence-corrected chi connectivity index (χ1v) is 11.5. The van der Waals surface area contributed by atoms with E-state index in [1.165, 1.54) is 0 Å². The summed E-state index contributed by atoms with van der Waals surface area (Å²) in [5.41, 5.74) is 1.87. The molecule has 2 fully saturated rings. The van der Waals surface area contributed by atoms with Crippen molar-refractivity contribution >= 4 is 0 Å². The molecule has 0 saturated carbocycles. The van der Waals surface area contributed by atoms with Gasteiger partial charge < -0.3 is 49.2 Å². The van der Waals surface area contributed by atoms with Gasteiger partial charge in [-0.25, -0.2) is 0 Å². The Hall–Kier alpha value is -1.96. The van der Waals surface area contributed by atoms with Gasteiger partial charge in [0.2, 0.25) is 0 Å². The van der Waals surface area contributed by atoms with Gasteiger partial charge in [0, 0.05) is 0 Å². The molecule has 2 aliphatic rings. The van der Waals surface area contributed by atoms with Crippen LogP contribution in [-0.4, -0.2) is 94.1 Å². The van der Waals surface area contributed by atoms with Crippen LogP contribution >= 0.6 is 0 Å². The number of ether oxygens (including phenoxy) is 5. The van der Waals surface area contributed by atoms with E-state index in [2.05, 4.69) is 0 Å². The molecule has 10 heteroatoms. The van der Waals surface area contributed by atoms with Gasteiger partial charge in [0.25, 0.3) is 0 Å². The molecule has 2 aromatic rings. The van der Waals surface area contributed by atoms with Gasteiger partial charge in [-0.2, -0.15) is 0 Å². The van der Waals surface area contributed by atoms with E-state index in [4.69, 9.17) is 23.7 Å². The average Bonchev–Trinajstić information content (AvgIpc) is 3.18. The normalized spacial score (nSPS) is 35.3. The maximum atomic E-state index is 10.6. The summed E-state index contributed by atoms with van der Waals surface area (Å²) in [5, 5.41) is 50.5. The summed E-state index contributed by atoms with van der Waals surface area (Å²) in [4.78, 5) is 0. The molecule has 2 aromatic carbocycles. The molecular formula is C25H32O10. The van der Waals surface area contributed by atoms with Crippen LogP contribution in [0.2, 0.25) is 0 Å². The molecule has 2 aliphatic heterocycles. The monoisotopic (exact) mass is 492 g/mol. The SMILES string of the molecule is OC[C@H]1O[C@H](O[C@H]2[C@H](OCc3ccccc3)[C@@H](COCc3ccccc3)O[C@@H]2O)[C@@H](O)[C@@H](O)[C@@H]1O. The van der Waals surface area contributed by atoms with Crippen LogP contribution in [0, 0.1) is 0 Å². The zero-order valence-corrected chi connectivity index (χ0v) is 19.1. The first kappa shape index (κ1) is 26.1. The van der Waals surface area contributed by atoms with Crippen molar-refractivity contribution in [1.29, 1.82) is 0 Å². The zero-order chi connectivity index (χ0) is 24.8. The molecule has 10 nitrogen and oxygen atoms in total. The number of rotatable bonds is 10. The quantitative estimate of drug-likeness (QED) is 0.299. The van der Waals surface area contributed by atoms with Crippen LogP contribution < -0.4 is 0 Å². The lowest BCUT2D eigenvalue weighted by atomic mass is 9.99. The fourth-order valence-electron chi connectivity index (χ4n) is 4.16. The Bertz CT molecular complexity index is 882. The highest BCUT2D eigenvalue weighted by Crippen LogP contribution is 2.31. The standard InChI is InChI=1S/C25H32O10/c26-11-17-19(27)20(28)21(29)25(34-17)35-23-22(32-13-16-9-5-2-6-10-16)18(33-24(23)30)14-31-12-15-7-3-1-4-8-15/h1-10,17-30H,11-14H2/t17-,18-,19-,20+,21+,22-,23+,24+,25-/m1/s1. The summed E-state index contributed by atoms with van der Waals surface area (Å²) in [7, 11) is 0. The van der Waals surface area contributed by atoms with E-state index in [1.54, 1.807) is 0 Å². The molecule has 0 aromatic heterocycles. The van der Waals surface area contributed by atoms with Crippen molar-refractivity contribution in [2.45, 2.75) is 68.5 Å². The Morgan fingerprint density at radius 3 is 1.94 bits per heavy atom. The van der Waals surface area contributed by atoms with Gasteiger partial charge in [0.1, 0.15) is 42.7 Å². The van der Waals surface area contributed by atoms with E-state index >= 15 is 0 Å². The van der Waals surface area contributed by atoms with E-state index in [1.807, 2.05) is 60.7 Å².